The van der Waals surface area contributed by atoms with Crippen LogP contribution in [0.5, 0.6) is 0 Å². The molecule has 0 radical (unpaired) electrons. The van der Waals surface area contributed by atoms with Crippen LogP contribution in [0.25, 0.3) is 0 Å². The van der Waals surface area contributed by atoms with Gasteiger partial charge in [0.15, 0.2) is 0 Å². The molecule has 2 aliphatic rings. The van der Waals surface area contributed by atoms with E-state index < -0.39 is 0 Å². The van der Waals surface area contributed by atoms with Crippen LogP contribution in [-0.4, -0.2) is 48.9 Å². The van der Waals surface area contributed by atoms with Crippen molar-refractivity contribution >= 4 is 6.09 Å². The number of benzene rings is 1. The van der Waals surface area contributed by atoms with Crippen LogP contribution < -0.4 is 5.32 Å². The molecule has 24 heavy (non-hydrogen) atoms. The van der Waals surface area contributed by atoms with Crippen LogP contribution in [0, 0.1) is 0 Å². The van der Waals surface area contributed by atoms with Crippen molar-refractivity contribution in [2.45, 2.75) is 50.9 Å². The van der Waals surface area contributed by atoms with Crippen molar-refractivity contribution in [1.29, 1.82) is 0 Å². The highest BCUT2D eigenvalue weighted by atomic mass is 16.6. The van der Waals surface area contributed by atoms with Crippen molar-refractivity contribution in [1.82, 2.24) is 10.2 Å². The summed E-state index contributed by atoms with van der Waals surface area (Å²) in [6.45, 7) is 6.04. The van der Waals surface area contributed by atoms with Crippen molar-refractivity contribution in [2.24, 2.45) is 0 Å². The Morgan fingerprint density at radius 3 is 2.54 bits per heavy atom. The van der Waals surface area contributed by atoms with E-state index in [-0.39, 0.29) is 17.8 Å². The normalized spacial score (nSPS) is 21.5. The molecule has 2 heterocycles. The SMILES string of the molecule is CC1(OC2CCN(C(=O)OCc3ccccc3)CC2)CCNCC1. The summed E-state index contributed by atoms with van der Waals surface area (Å²) in [5.74, 6) is 0. The first kappa shape index (κ1) is 17.2. The molecule has 132 valence electrons. The molecule has 1 aromatic rings. The van der Waals surface area contributed by atoms with Gasteiger partial charge in [-0.05, 0) is 51.3 Å². The average Bonchev–Trinajstić information content (AvgIpc) is 2.61. The minimum atomic E-state index is -0.217. The van der Waals surface area contributed by atoms with Gasteiger partial charge in [-0.3, -0.25) is 0 Å². The Bertz CT molecular complexity index is 521. The van der Waals surface area contributed by atoms with Crippen LogP contribution in [0.4, 0.5) is 4.79 Å². The first-order chi connectivity index (χ1) is 11.6. The number of rotatable bonds is 4. The van der Waals surface area contributed by atoms with E-state index in [0.29, 0.717) is 19.7 Å². The Hall–Kier alpha value is -1.59. The predicted molar refractivity (Wildman–Crippen MR) is 92.8 cm³/mol. The Labute approximate surface area is 144 Å². The van der Waals surface area contributed by atoms with E-state index >= 15 is 0 Å². The first-order valence-electron chi connectivity index (χ1n) is 8.99. The van der Waals surface area contributed by atoms with Crippen LogP contribution in [0.15, 0.2) is 30.3 Å². The summed E-state index contributed by atoms with van der Waals surface area (Å²) < 4.78 is 11.8. The number of carbonyl (C=O) groups is 1. The molecule has 0 saturated carbocycles. The average molecular weight is 332 g/mol. The van der Waals surface area contributed by atoms with E-state index in [1.807, 2.05) is 30.3 Å². The molecule has 0 spiro atoms. The lowest BCUT2D eigenvalue weighted by Gasteiger charge is -2.40. The van der Waals surface area contributed by atoms with Crippen molar-refractivity contribution in [2.75, 3.05) is 26.2 Å². The van der Waals surface area contributed by atoms with Gasteiger partial charge < -0.3 is 19.7 Å². The molecule has 1 aromatic carbocycles. The highest BCUT2D eigenvalue weighted by molar-refractivity contribution is 5.67. The molecule has 0 bridgehead atoms. The van der Waals surface area contributed by atoms with E-state index in [1.54, 1.807) is 4.90 Å². The molecule has 2 saturated heterocycles. The molecular formula is C19H28N2O3. The molecule has 0 atom stereocenters. The number of nitrogens with one attached hydrogen (secondary N) is 1. The fraction of sp³-hybridized carbons (Fsp3) is 0.632. The predicted octanol–water partition coefficient (Wildman–Crippen LogP) is 2.95. The number of likely N-dealkylation sites (tertiary alicyclic amines) is 1. The third kappa shape index (κ3) is 4.71. The van der Waals surface area contributed by atoms with Gasteiger partial charge in [-0.2, -0.15) is 0 Å². The molecule has 0 aromatic heterocycles. The minimum Gasteiger partial charge on any atom is -0.445 e. The highest BCUT2D eigenvalue weighted by Gasteiger charge is 2.33. The van der Waals surface area contributed by atoms with E-state index in [1.165, 1.54) is 0 Å². The molecule has 3 rings (SSSR count). The summed E-state index contributed by atoms with van der Waals surface area (Å²) in [5, 5.41) is 3.38. The zero-order chi connectivity index (χ0) is 16.8. The number of ether oxygens (including phenoxy) is 2. The van der Waals surface area contributed by atoms with E-state index in [2.05, 4.69) is 12.2 Å². The number of hydrogen-bond donors (Lipinski definition) is 1. The summed E-state index contributed by atoms with van der Waals surface area (Å²) >= 11 is 0. The molecule has 0 unspecified atom stereocenters. The zero-order valence-corrected chi connectivity index (χ0v) is 14.5. The summed E-state index contributed by atoms with van der Waals surface area (Å²) in [4.78, 5) is 14.0. The lowest BCUT2D eigenvalue weighted by Crippen LogP contribution is -2.47. The lowest BCUT2D eigenvalue weighted by atomic mass is 9.93. The number of hydrogen-bond acceptors (Lipinski definition) is 4. The van der Waals surface area contributed by atoms with Crippen molar-refractivity contribution in [3.05, 3.63) is 35.9 Å². The first-order valence-corrected chi connectivity index (χ1v) is 8.99. The molecule has 1 N–H and O–H groups in total. The molecule has 2 fully saturated rings. The maximum Gasteiger partial charge on any atom is 0.410 e. The van der Waals surface area contributed by atoms with Gasteiger partial charge in [0.1, 0.15) is 6.61 Å². The number of nitrogens with zero attached hydrogens (tertiary/aromatic N) is 1. The van der Waals surface area contributed by atoms with Crippen molar-refractivity contribution in [3.63, 3.8) is 0 Å². The number of amides is 1. The number of carbonyl (C=O) groups excluding carboxylic acids is 1. The maximum atomic E-state index is 12.2. The summed E-state index contributed by atoms with van der Waals surface area (Å²) in [5.41, 5.74) is 1.01. The van der Waals surface area contributed by atoms with Gasteiger partial charge in [-0.25, -0.2) is 4.79 Å². The highest BCUT2D eigenvalue weighted by Crippen LogP contribution is 2.27. The van der Waals surface area contributed by atoms with Crippen LogP contribution in [0.1, 0.15) is 38.2 Å². The van der Waals surface area contributed by atoms with Gasteiger partial charge in [0.2, 0.25) is 0 Å². The van der Waals surface area contributed by atoms with Crippen LogP contribution in [0.3, 0.4) is 0 Å². The standard InChI is InChI=1S/C19H28N2O3/c1-19(9-11-20-12-10-19)24-17-7-13-21(14-8-17)18(22)23-15-16-5-3-2-4-6-16/h2-6,17,20H,7-15H2,1H3. The quantitative estimate of drug-likeness (QED) is 0.921. The Morgan fingerprint density at radius 1 is 1.21 bits per heavy atom. The Balaban J connectivity index is 1.40. The summed E-state index contributed by atoms with van der Waals surface area (Å²) in [7, 11) is 0. The van der Waals surface area contributed by atoms with Crippen LogP contribution in [0.2, 0.25) is 0 Å². The van der Waals surface area contributed by atoms with Gasteiger partial charge in [0.25, 0.3) is 0 Å². The lowest BCUT2D eigenvalue weighted by molar-refractivity contribution is -0.114. The molecule has 5 nitrogen and oxygen atoms in total. The van der Waals surface area contributed by atoms with Crippen LogP contribution >= 0.6 is 0 Å². The Morgan fingerprint density at radius 2 is 1.88 bits per heavy atom. The largest absolute Gasteiger partial charge is 0.445 e. The second-order valence-electron chi connectivity index (χ2n) is 7.04. The summed E-state index contributed by atoms with van der Waals surface area (Å²) in [6.07, 6.45) is 3.95. The van der Waals surface area contributed by atoms with Crippen molar-refractivity contribution < 1.29 is 14.3 Å². The number of piperidine rings is 2. The monoisotopic (exact) mass is 332 g/mol. The second kappa shape index (κ2) is 7.99. The van der Waals surface area contributed by atoms with E-state index in [4.69, 9.17) is 9.47 Å². The Kier molecular flexibility index (Phi) is 5.74. The summed E-state index contributed by atoms with van der Waals surface area (Å²) in [6, 6.07) is 9.79. The van der Waals surface area contributed by atoms with E-state index in [9.17, 15) is 4.79 Å². The molecule has 1 amide bonds. The topological polar surface area (TPSA) is 50.8 Å². The van der Waals surface area contributed by atoms with E-state index in [0.717, 1.165) is 44.3 Å². The minimum absolute atomic E-state index is 0.00803. The van der Waals surface area contributed by atoms with Gasteiger partial charge in [0.05, 0.1) is 11.7 Å². The second-order valence-corrected chi connectivity index (χ2v) is 7.04. The smallest absolute Gasteiger partial charge is 0.410 e. The van der Waals surface area contributed by atoms with Gasteiger partial charge >= 0.3 is 6.09 Å². The molecule has 2 aliphatic heterocycles. The van der Waals surface area contributed by atoms with Crippen molar-refractivity contribution in [3.8, 4) is 0 Å². The maximum absolute atomic E-state index is 12.2. The van der Waals surface area contributed by atoms with Gasteiger partial charge in [0, 0.05) is 13.1 Å². The molecule has 5 heteroatoms. The molecule has 0 aliphatic carbocycles. The fourth-order valence-corrected chi connectivity index (χ4v) is 3.44. The van der Waals surface area contributed by atoms with Gasteiger partial charge in [-0.15, -0.1) is 0 Å². The molecular weight excluding hydrogens is 304 g/mol. The third-order valence-corrected chi connectivity index (χ3v) is 5.02. The third-order valence-electron chi connectivity index (χ3n) is 5.02. The zero-order valence-electron chi connectivity index (χ0n) is 14.5. The van der Waals surface area contributed by atoms with Crippen LogP contribution in [-0.2, 0) is 16.1 Å². The fourth-order valence-electron chi connectivity index (χ4n) is 3.44. The van der Waals surface area contributed by atoms with Gasteiger partial charge in [-0.1, -0.05) is 30.3 Å².